The van der Waals surface area contributed by atoms with Crippen LogP contribution in [0.3, 0.4) is 0 Å². The van der Waals surface area contributed by atoms with E-state index in [4.69, 9.17) is 21.1 Å². The SMILES string of the molecule is Cc1cccc(C(=O)OCC(=O)NNC(=O)COc2ccc(Cl)cc2)c1C. The van der Waals surface area contributed by atoms with Crippen molar-refractivity contribution in [2.24, 2.45) is 0 Å². The van der Waals surface area contributed by atoms with Gasteiger partial charge in [-0.3, -0.25) is 20.4 Å². The molecule has 2 aromatic rings. The molecule has 2 aromatic carbocycles. The summed E-state index contributed by atoms with van der Waals surface area (Å²) in [6, 6.07) is 11.7. The van der Waals surface area contributed by atoms with Gasteiger partial charge in [0.1, 0.15) is 5.75 Å². The van der Waals surface area contributed by atoms with Crippen LogP contribution in [0.1, 0.15) is 21.5 Å². The number of benzene rings is 2. The Morgan fingerprint density at radius 3 is 2.22 bits per heavy atom. The minimum atomic E-state index is -0.673. The van der Waals surface area contributed by atoms with Crippen molar-refractivity contribution in [3.63, 3.8) is 0 Å². The summed E-state index contributed by atoms with van der Waals surface area (Å²) in [5, 5.41) is 0.550. The molecule has 0 atom stereocenters. The quantitative estimate of drug-likeness (QED) is 0.583. The molecule has 0 saturated heterocycles. The standard InChI is InChI=1S/C19H19ClN2O5/c1-12-4-3-5-16(13(12)2)19(25)27-11-18(24)22-21-17(23)10-26-15-8-6-14(20)7-9-15/h3-9H,10-11H2,1-2H3,(H,21,23)(H,22,24). The summed E-state index contributed by atoms with van der Waals surface area (Å²) in [5.41, 5.74) is 6.44. The minimum absolute atomic E-state index is 0.301. The molecule has 0 aromatic heterocycles. The normalized spacial score (nSPS) is 10.0. The van der Waals surface area contributed by atoms with Crippen molar-refractivity contribution in [3.8, 4) is 5.75 Å². The van der Waals surface area contributed by atoms with Crippen LogP contribution in [0.2, 0.25) is 5.02 Å². The van der Waals surface area contributed by atoms with E-state index in [1.165, 1.54) is 0 Å². The molecule has 7 nitrogen and oxygen atoms in total. The number of ether oxygens (including phenoxy) is 2. The number of rotatable bonds is 6. The molecule has 0 unspecified atom stereocenters. The second-order valence-electron chi connectivity index (χ2n) is 5.66. The Morgan fingerprint density at radius 1 is 0.926 bits per heavy atom. The van der Waals surface area contributed by atoms with E-state index in [-0.39, 0.29) is 6.61 Å². The fourth-order valence-electron chi connectivity index (χ4n) is 2.07. The third-order valence-corrected chi connectivity index (χ3v) is 3.94. The highest BCUT2D eigenvalue weighted by Crippen LogP contribution is 2.15. The van der Waals surface area contributed by atoms with Crippen LogP contribution in [0.5, 0.6) is 5.75 Å². The second-order valence-corrected chi connectivity index (χ2v) is 6.10. The Balaban J connectivity index is 1.71. The Hall–Kier alpha value is -3.06. The van der Waals surface area contributed by atoms with Gasteiger partial charge in [0.05, 0.1) is 5.56 Å². The van der Waals surface area contributed by atoms with Gasteiger partial charge in [-0.15, -0.1) is 0 Å². The number of carbonyl (C=O) groups excluding carboxylic acids is 3. The van der Waals surface area contributed by atoms with Gasteiger partial charge in [0.25, 0.3) is 11.8 Å². The van der Waals surface area contributed by atoms with Gasteiger partial charge in [0.2, 0.25) is 0 Å². The lowest BCUT2D eigenvalue weighted by molar-refractivity contribution is -0.131. The number of esters is 1. The van der Waals surface area contributed by atoms with Gasteiger partial charge in [-0.25, -0.2) is 4.79 Å². The molecule has 0 aliphatic carbocycles. The summed E-state index contributed by atoms with van der Waals surface area (Å²) in [6.45, 7) is 2.85. The highest BCUT2D eigenvalue weighted by atomic mass is 35.5. The van der Waals surface area contributed by atoms with Gasteiger partial charge in [-0.2, -0.15) is 0 Å². The average Bonchev–Trinajstić information content (AvgIpc) is 2.66. The molecule has 0 fully saturated rings. The molecular weight excluding hydrogens is 372 g/mol. The van der Waals surface area contributed by atoms with E-state index in [0.717, 1.165) is 11.1 Å². The van der Waals surface area contributed by atoms with Crippen molar-refractivity contribution in [1.82, 2.24) is 10.9 Å². The van der Waals surface area contributed by atoms with Crippen LogP contribution in [-0.2, 0) is 14.3 Å². The molecular formula is C19H19ClN2O5. The van der Waals surface area contributed by atoms with E-state index < -0.39 is 24.4 Å². The number of hydrogen-bond acceptors (Lipinski definition) is 5. The Bertz CT molecular complexity index is 836. The smallest absolute Gasteiger partial charge is 0.338 e. The summed E-state index contributed by atoms with van der Waals surface area (Å²) in [6.07, 6.45) is 0. The zero-order chi connectivity index (χ0) is 19.8. The summed E-state index contributed by atoms with van der Waals surface area (Å²) < 4.78 is 10.2. The topological polar surface area (TPSA) is 93.7 Å². The minimum Gasteiger partial charge on any atom is -0.484 e. The molecule has 27 heavy (non-hydrogen) atoms. The van der Waals surface area contributed by atoms with Gasteiger partial charge >= 0.3 is 5.97 Å². The average molecular weight is 391 g/mol. The third kappa shape index (κ3) is 6.31. The van der Waals surface area contributed by atoms with Gasteiger partial charge in [-0.05, 0) is 55.3 Å². The number of hydrogen-bond donors (Lipinski definition) is 2. The predicted molar refractivity (Wildman–Crippen MR) is 99.4 cm³/mol. The molecule has 2 amide bonds. The van der Waals surface area contributed by atoms with E-state index in [1.807, 2.05) is 13.0 Å². The summed E-state index contributed by atoms with van der Waals surface area (Å²) in [5.74, 6) is -1.39. The van der Waals surface area contributed by atoms with Gasteiger partial charge < -0.3 is 9.47 Å². The molecule has 0 aliphatic heterocycles. The lowest BCUT2D eigenvalue weighted by Gasteiger charge is -2.10. The van der Waals surface area contributed by atoms with Gasteiger partial charge in [-0.1, -0.05) is 23.7 Å². The molecule has 0 bridgehead atoms. The lowest BCUT2D eigenvalue weighted by Crippen LogP contribution is -2.45. The van der Waals surface area contributed by atoms with Crippen molar-refractivity contribution < 1.29 is 23.9 Å². The maximum Gasteiger partial charge on any atom is 0.338 e. The zero-order valence-electron chi connectivity index (χ0n) is 14.9. The molecule has 0 heterocycles. The van der Waals surface area contributed by atoms with Crippen molar-refractivity contribution in [3.05, 3.63) is 64.2 Å². The van der Waals surface area contributed by atoms with Crippen molar-refractivity contribution in [1.29, 1.82) is 0 Å². The lowest BCUT2D eigenvalue weighted by atomic mass is 10.0. The Labute approximate surface area is 161 Å². The molecule has 0 radical (unpaired) electrons. The maximum atomic E-state index is 12.0. The van der Waals surface area contributed by atoms with Crippen molar-refractivity contribution in [2.75, 3.05) is 13.2 Å². The first-order chi connectivity index (χ1) is 12.9. The monoisotopic (exact) mass is 390 g/mol. The van der Waals surface area contributed by atoms with Crippen LogP contribution >= 0.6 is 11.6 Å². The van der Waals surface area contributed by atoms with E-state index in [2.05, 4.69) is 10.9 Å². The summed E-state index contributed by atoms with van der Waals surface area (Å²) in [4.78, 5) is 35.4. The van der Waals surface area contributed by atoms with Gasteiger partial charge in [0, 0.05) is 5.02 Å². The summed E-state index contributed by atoms with van der Waals surface area (Å²) in [7, 11) is 0. The summed E-state index contributed by atoms with van der Waals surface area (Å²) >= 11 is 5.75. The van der Waals surface area contributed by atoms with E-state index >= 15 is 0 Å². The highest BCUT2D eigenvalue weighted by Gasteiger charge is 2.14. The van der Waals surface area contributed by atoms with E-state index in [9.17, 15) is 14.4 Å². The predicted octanol–water partition coefficient (Wildman–Crippen LogP) is 2.34. The van der Waals surface area contributed by atoms with Gasteiger partial charge in [0.15, 0.2) is 13.2 Å². The van der Waals surface area contributed by atoms with Crippen molar-refractivity contribution >= 4 is 29.4 Å². The second kappa shape index (κ2) is 9.59. The molecule has 142 valence electrons. The molecule has 2 N–H and O–H groups in total. The molecule has 2 rings (SSSR count). The first-order valence-corrected chi connectivity index (χ1v) is 8.44. The van der Waals surface area contributed by atoms with Crippen LogP contribution in [0.15, 0.2) is 42.5 Å². The van der Waals surface area contributed by atoms with E-state index in [0.29, 0.717) is 16.3 Å². The van der Waals surface area contributed by atoms with Crippen molar-refractivity contribution in [2.45, 2.75) is 13.8 Å². The number of carbonyl (C=O) groups is 3. The third-order valence-electron chi connectivity index (χ3n) is 3.68. The maximum absolute atomic E-state index is 12.0. The van der Waals surface area contributed by atoms with Crippen LogP contribution in [0.4, 0.5) is 0 Å². The van der Waals surface area contributed by atoms with E-state index in [1.54, 1.807) is 43.3 Å². The Morgan fingerprint density at radius 2 is 1.56 bits per heavy atom. The fourth-order valence-corrected chi connectivity index (χ4v) is 2.20. The number of aryl methyl sites for hydroxylation is 1. The number of halogens is 1. The van der Waals surface area contributed by atoms with Crippen LogP contribution in [0.25, 0.3) is 0 Å². The first kappa shape index (κ1) is 20.3. The molecule has 0 spiro atoms. The van der Waals surface area contributed by atoms with Crippen LogP contribution in [-0.4, -0.2) is 31.0 Å². The number of nitrogens with one attached hydrogen (secondary N) is 2. The zero-order valence-corrected chi connectivity index (χ0v) is 15.6. The Kier molecular flexibility index (Phi) is 7.19. The number of hydrazine groups is 1. The molecule has 8 heteroatoms. The van der Waals surface area contributed by atoms with Crippen LogP contribution < -0.4 is 15.6 Å². The van der Waals surface area contributed by atoms with Crippen LogP contribution in [0, 0.1) is 13.8 Å². The highest BCUT2D eigenvalue weighted by molar-refractivity contribution is 6.30. The number of amides is 2. The molecule has 0 aliphatic rings. The largest absolute Gasteiger partial charge is 0.484 e. The first-order valence-electron chi connectivity index (χ1n) is 8.06. The molecule has 0 saturated carbocycles. The fraction of sp³-hybridized carbons (Fsp3) is 0.211.